The van der Waals surface area contributed by atoms with Crippen molar-refractivity contribution in [2.45, 2.75) is 18.9 Å². The molecule has 0 fully saturated rings. The second kappa shape index (κ2) is 6.30. The maximum Gasteiger partial charge on any atom is 0.340 e. The lowest BCUT2D eigenvalue weighted by Crippen LogP contribution is -2.32. The zero-order valence-corrected chi connectivity index (χ0v) is 14.7. The van der Waals surface area contributed by atoms with Gasteiger partial charge in [-0.2, -0.15) is 0 Å². The first-order valence-electron chi connectivity index (χ1n) is 8.53. The lowest BCUT2D eigenvalue weighted by Gasteiger charge is -2.18. The summed E-state index contributed by atoms with van der Waals surface area (Å²) < 4.78 is 10.9. The first kappa shape index (κ1) is 16.3. The third kappa shape index (κ3) is 2.73. The third-order valence-electron chi connectivity index (χ3n) is 4.73. The van der Waals surface area contributed by atoms with Gasteiger partial charge in [-0.3, -0.25) is 0 Å². The predicted octanol–water partition coefficient (Wildman–Crippen LogP) is 4.15. The zero-order valence-electron chi connectivity index (χ0n) is 14.7. The molecule has 26 heavy (non-hydrogen) atoms. The van der Waals surface area contributed by atoms with Crippen LogP contribution in [0.25, 0.3) is 10.8 Å². The largest absolute Gasteiger partial charge is 0.496 e. The average Bonchev–Trinajstić information content (AvgIpc) is 2.97. The summed E-state index contributed by atoms with van der Waals surface area (Å²) in [6.07, 6.45) is 0.465. The highest BCUT2D eigenvalue weighted by atomic mass is 16.6. The van der Waals surface area contributed by atoms with Gasteiger partial charge in [0.05, 0.1) is 7.11 Å². The highest BCUT2D eigenvalue weighted by Gasteiger charge is 2.42. The number of rotatable bonds is 4. The van der Waals surface area contributed by atoms with E-state index in [1.807, 2.05) is 73.7 Å². The van der Waals surface area contributed by atoms with Crippen LogP contribution in [0.1, 0.15) is 18.1 Å². The molecule has 0 spiro atoms. The van der Waals surface area contributed by atoms with E-state index in [1.165, 1.54) is 0 Å². The van der Waals surface area contributed by atoms with Crippen molar-refractivity contribution in [1.82, 2.24) is 0 Å². The van der Waals surface area contributed by atoms with Gasteiger partial charge >= 0.3 is 5.97 Å². The standard InChI is InChI=1S/C22H19NO3/c1-22(21(24)26-20(23-22)15-8-4-3-5-9-15)14-16-12-13-19(25-2)18-11-7-6-10-17(16)18/h3-13H,14H2,1-2H3/t22-/m0/s1. The molecule has 0 N–H and O–H groups in total. The van der Waals surface area contributed by atoms with Crippen molar-refractivity contribution in [1.29, 1.82) is 0 Å². The summed E-state index contributed by atoms with van der Waals surface area (Å²) in [5, 5.41) is 2.08. The quantitative estimate of drug-likeness (QED) is 0.667. The van der Waals surface area contributed by atoms with Crippen molar-refractivity contribution in [3.63, 3.8) is 0 Å². The van der Waals surface area contributed by atoms with E-state index in [-0.39, 0.29) is 5.97 Å². The van der Waals surface area contributed by atoms with E-state index >= 15 is 0 Å². The number of benzene rings is 3. The molecule has 0 aromatic heterocycles. The summed E-state index contributed by atoms with van der Waals surface area (Å²) in [5.74, 6) is 0.879. The molecule has 0 unspecified atom stereocenters. The second-order valence-corrected chi connectivity index (χ2v) is 6.60. The Balaban J connectivity index is 1.74. The number of hydrogen-bond acceptors (Lipinski definition) is 4. The van der Waals surface area contributed by atoms with Crippen LogP contribution in [0.2, 0.25) is 0 Å². The molecule has 1 heterocycles. The maximum atomic E-state index is 12.6. The van der Waals surface area contributed by atoms with Gasteiger partial charge < -0.3 is 9.47 Å². The molecule has 0 bridgehead atoms. The van der Waals surface area contributed by atoms with E-state index in [0.29, 0.717) is 12.3 Å². The molecule has 0 saturated carbocycles. The molecule has 0 amide bonds. The minimum Gasteiger partial charge on any atom is -0.496 e. The molecular formula is C22H19NO3. The van der Waals surface area contributed by atoms with E-state index < -0.39 is 5.54 Å². The summed E-state index contributed by atoms with van der Waals surface area (Å²) in [6, 6.07) is 21.5. The first-order chi connectivity index (χ1) is 12.6. The van der Waals surface area contributed by atoms with Crippen LogP contribution in [-0.4, -0.2) is 24.5 Å². The van der Waals surface area contributed by atoms with Gasteiger partial charge in [-0.25, -0.2) is 9.79 Å². The van der Waals surface area contributed by atoms with Crippen LogP contribution in [0.4, 0.5) is 0 Å². The number of methoxy groups -OCH3 is 1. The monoisotopic (exact) mass is 345 g/mol. The third-order valence-corrected chi connectivity index (χ3v) is 4.73. The van der Waals surface area contributed by atoms with Crippen molar-refractivity contribution in [2.75, 3.05) is 7.11 Å². The minimum absolute atomic E-state index is 0.323. The number of ether oxygens (including phenoxy) is 2. The Morgan fingerprint density at radius 1 is 0.962 bits per heavy atom. The number of cyclic esters (lactones) is 1. The number of hydrogen-bond donors (Lipinski definition) is 0. The molecule has 4 rings (SSSR count). The topological polar surface area (TPSA) is 47.9 Å². The van der Waals surface area contributed by atoms with Gasteiger partial charge in [-0.15, -0.1) is 0 Å². The van der Waals surface area contributed by atoms with Crippen molar-refractivity contribution in [2.24, 2.45) is 4.99 Å². The number of fused-ring (bicyclic) bond motifs is 1. The molecule has 3 aromatic rings. The van der Waals surface area contributed by atoms with E-state index in [0.717, 1.165) is 27.6 Å². The molecule has 0 aliphatic carbocycles. The summed E-state index contributed by atoms with van der Waals surface area (Å²) in [5.41, 5.74) is 0.908. The van der Waals surface area contributed by atoms with Crippen LogP contribution in [0.5, 0.6) is 5.75 Å². The smallest absolute Gasteiger partial charge is 0.340 e. The lowest BCUT2D eigenvalue weighted by molar-refractivity contribution is -0.138. The van der Waals surface area contributed by atoms with Gasteiger partial charge in [-0.1, -0.05) is 48.5 Å². The van der Waals surface area contributed by atoms with E-state index in [9.17, 15) is 4.79 Å². The summed E-state index contributed by atoms with van der Waals surface area (Å²) in [7, 11) is 1.66. The van der Waals surface area contributed by atoms with Gasteiger partial charge in [0.25, 0.3) is 0 Å². The fourth-order valence-corrected chi connectivity index (χ4v) is 3.34. The fourth-order valence-electron chi connectivity index (χ4n) is 3.34. The Morgan fingerprint density at radius 3 is 2.38 bits per heavy atom. The lowest BCUT2D eigenvalue weighted by atomic mass is 9.90. The fraction of sp³-hybridized carbons (Fsp3) is 0.182. The van der Waals surface area contributed by atoms with E-state index in [4.69, 9.17) is 9.47 Å². The molecule has 3 aromatic carbocycles. The van der Waals surface area contributed by atoms with Gasteiger partial charge in [0.2, 0.25) is 5.90 Å². The van der Waals surface area contributed by atoms with Crippen molar-refractivity contribution in [3.8, 4) is 5.75 Å². The van der Waals surface area contributed by atoms with Crippen LogP contribution < -0.4 is 4.74 Å². The van der Waals surface area contributed by atoms with Crippen LogP contribution >= 0.6 is 0 Å². The zero-order chi connectivity index (χ0) is 18.1. The van der Waals surface area contributed by atoms with E-state index in [2.05, 4.69) is 4.99 Å². The molecule has 1 aliphatic heterocycles. The Morgan fingerprint density at radius 2 is 1.65 bits per heavy atom. The highest BCUT2D eigenvalue weighted by molar-refractivity contribution is 6.08. The van der Waals surface area contributed by atoms with Gasteiger partial charge in [-0.05, 0) is 36.1 Å². The summed E-state index contributed by atoms with van der Waals surface area (Å²) >= 11 is 0. The molecule has 4 heteroatoms. The van der Waals surface area contributed by atoms with Gasteiger partial charge in [0.15, 0.2) is 5.54 Å². The molecule has 1 aliphatic rings. The predicted molar refractivity (Wildman–Crippen MR) is 102 cm³/mol. The van der Waals surface area contributed by atoms with E-state index in [1.54, 1.807) is 7.11 Å². The van der Waals surface area contributed by atoms with Crippen LogP contribution in [-0.2, 0) is 16.0 Å². The number of nitrogens with zero attached hydrogens (tertiary/aromatic N) is 1. The summed E-state index contributed by atoms with van der Waals surface area (Å²) in [4.78, 5) is 17.2. The Kier molecular flexibility index (Phi) is 3.96. The number of esters is 1. The van der Waals surface area contributed by atoms with Crippen LogP contribution in [0.3, 0.4) is 0 Å². The van der Waals surface area contributed by atoms with Gasteiger partial charge in [0, 0.05) is 17.4 Å². The SMILES string of the molecule is COc1ccc(C[C@]2(C)N=C(c3ccccc3)OC2=O)c2ccccc12. The maximum absolute atomic E-state index is 12.6. The van der Waals surface area contributed by atoms with Gasteiger partial charge in [0.1, 0.15) is 5.75 Å². The molecule has 0 radical (unpaired) electrons. The van der Waals surface area contributed by atoms with Crippen molar-refractivity contribution in [3.05, 3.63) is 77.9 Å². The van der Waals surface area contributed by atoms with Crippen molar-refractivity contribution >= 4 is 22.6 Å². The molecule has 0 saturated heterocycles. The van der Waals surface area contributed by atoms with Crippen LogP contribution in [0, 0.1) is 0 Å². The Hall–Kier alpha value is -3.14. The number of carbonyl (C=O) groups is 1. The first-order valence-corrected chi connectivity index (χ1v) is 8.53. The molecule has 1 atom stereocenters. The van der Waals surface area contributed by atoms with Crippen molar-refractivity contribution < 1.29 is 14.3 Å². The Bertz CT molecular complexity index is 1010. The molecule has 130 valence electrons. The minimum atomic E-state index is -0.942. The van der Waals surface area contributed by atoms with Crippen LogP contribution in [0.15, 0.2) is 71.7 Å². The second-order valence-electron chi connectivity index (χ2n) is 6.60. The molecule has 4 nitrogen and oxygen atoms in total. The number of carbonyl (C=O) groups excluding carboxylic acids is 1. The molecular weight excluding hydrogens is 326 g/mol. The normalized spacial score (nSPS) is 19.3. The average molecular weight is 345 g/mol. The Labute approximate surface area is 152 Å². The summed E-state index contributed by atoms with van der Waals surface area (Å²) in [6.45, 7) is 1.82. The number of aliphatic imine (C=N–C) groups is 1. The highest BCUT2D eigenvalue weighted by Crippen LogP contribution is 2.33.